The molecule has 0 saturated carbocycles. The number of hydrogen-bond acceptors (Lipinski definition) is 8. The first-order chi connectivity index (χ1) is 13.7. The van der Waals surface area contributed by atoms with Crippen LogP contribution in [-0.2, 0) is 24.5 Å². The number of aromatic nitrogens is 2. The van der Waals surface area contributed by atoms with Gasteiger partial charge in [0.25, 0.3) is 5.89 Å². The minimum atomic E-state index is -3.60. The summed E-state index contributed by atoms with van der Waals surface area (Å²) >= 11 is 0. The van der Waals surface area contributed by atoms with Crippen LogP contribution in [0.5, 0.6) is 0 Å². The van der Waals surface area contributed by atoms with Crippen molar-refractivity contribution in [2.45, 2.75) is 16.2 Å². The topological polar surface area (TPSA) is 136 Å². The minimum absolute atomic E-state index is 0.00970. The fraction of sp³-hybridized carbons (Fsp3) is 0.167. The lowest BCUT2D eigenvalue weighted by molar-refractivity contribution is -0.115. The van der Waals surface area contributed by atoms with Crippen molar-refractivity contribution < 1.29 is 26.0 Å². The fourth-order valence-electron chi connectivity index (χ4n) is 2.50. The van der Waals surface area contributed by atoms with Gasteiger partial charge in [-0.3, -0.25) is 10.1 Å². The van der Waals surface area contributed by atoms with Crippen LogP contribution >= 0.6 is 0 Å². The van der Waals surface area contributed by atoms with E-state index in [1.165, 1.54) is 24.3 Å². The zero-order valence-corrected chi connectivity index (χ0v) is 16.9. The maximum Gasteiger partial charge on any atom is 0.322 e. The normalized spacial score (nSPS) is 11.9. The lowest BCUT2D eigenvalue weighted by Crippen LogP contribution is -2.17. The van der Waals surface area contributed by atoms with Crippen molar-refractivity contribution in [2.24, 2.45) is 0 Å². The number of benzene rings is 2. The molecule has 0 bridgehead atoms. The van der Waals surface area contributed by atoms with Crippen LogP contribution < -0.4 is 5.32 Å². The Morgan fingerprint density at radius 2 is 1.62 bits per heavy atom. The third-order valence-corrected chi connectivity index (χ3v) is 6.78. The summed E-state index contributed by atoms with van der Waals surface area (Å²) < 4.78 is 53.5. The van der Waals surface area contributed by atoms with Crippen LogP contribution in [0.3, 0.4) is 0 Å². The summed E-state index contributed by atoms with van der Waals surface area (Å²) in [6, 6.07) is 13.6. The van der Waals surface area contributed by atoms with E-state index in [1.54, 1.807) is 30.3 Å². The number of anilines is 1. The molecule has 1 aromatic heterocycles. The molecule has 0 spiro atoms. The maximum absolute atomic E-state index is 12.2. The van der Waals surface area contributed by atoms with Gasteiger partial charge in [-0.1, -0.05) is 35.4 Å². The Morgan fingerprint density at radius 1 is 0.966 bits per heavy atom. The molecule has 0 atom stereocenters. The summed E-state index contributed by atoms with van der Waals surface area (Å²) in [4.78, 5) is 12.2. The van der Waals surface area contributed by atoms with E-state index in [2.05, 4.69) is 15.5 Å². The van der Waals surface area contributed by atoms with Gasteiger partial charge in [-0.2, -0.15) is 0 Å². The molecule has 3 aromatic rings. The third kappa shape index (κ3) is 5.06. The summed E-state index contributed by atoms with van der Waals surface area (Å²) in [5.74, 6) is -1.10. The highest BCUT2D eigenvalue weighted by Gasteiger charge is 2.20. The molecule has 1 N–H and O–H groups in total. The third-order valence-electron chi connectivity index (χ3n) is 3.89. The summed E-state index contributed by atoms with van der Waals surface area (Å²) in [5.41, 5.74) is 0.203. The Bertz CT molecular complexity index is 1240. The SMILES string of the molecule is CS(=O)(=O)c1ccccc1-c1nnc(NC(=O)CCS(=O)(=O)c2ccccc2)o1. The molecule has 29 heavy (non-hydrogen) atoms. The summed E-state index contributed by atoms with van der Waals surface area (Å²) in [6.45, 7) is 0. The highest BCUT2D eigenvalue weighted by atomic mass is 32.2. The Hall–Kier alpha value is -3.05. The number of rotatable bonds is 7. The van der Waals surface area contributed by atoms with Gasteiger partial charge in [0.2, 0.25) is 5.91 Å². The standard InChI is InChI=1S/C18H17N3O6S2/c1-28(23,24)15-10-6-5-9-14(15)17-20-21-18(27-17)19-16(22)11-12-29(25,26)13-7-3-2-4-8-13/h2-10H,11-12H2,1H3,(H,19,21,22). The Kier molecular flexibility index (Phi) is 5.80. The molecule has 9 nitrogen and oxygen atoms in total. The molecule has 0 unspecified atom stereocenters. The van der Waals surface area contributed by atoms with Gasteiger partial charge >= 0.3 is 6.01 Å². The zero-order valence-electron chi connectivity index (χ0n) is 15.3. The number of hydrogen-bond donors (Lipinski definition) is 1. The van der Waals surface area contributed by atoms with E-state index in [9.17, 15) is 21.6 Å². The first kappa shape index (κ1) is 20.7. The quantitative estimate of drug-likeness (QED) is 0.594. The summed E-state index contributed by atoms with van der Waals surface area (Å²) in [6.07, 6.45) is 0.743. The van der Waals surface area contributed by atoms with Crippen molar-refractivity contribution in [3.05, 3.63) is 54.6 Å². The minimum Gasteiger partial charge on any atom is -0.403 e. The van der Waals surface area contributed by atoms with Crippen LogP contribution in [0, 0.1) is 0 Å². The molecule has 0 fully saturated rings. The Labute approximate surface area is 167 Å². The predicted molar refractivity (Wildman–Crippen MR) is 105 cm³/mol. The van der Waals surface area contributed by atoms with Crippen LogP contribution in [0.4, 0.5) is 6.01 Å². The molecular formula is C18H17N3O6S2. The van der Waals surface area contributed by atoms with Crippen molar-refractivity contribution in [2.75, 3.05) is 17.3 Å². The monoisotopic (exact) mass is 435 g/mol. The van der Waals surface area contributed by atoms with Crippen LogP contribution in [-0.4, -0.2) is 44.9 Å². The van der Waals surface area contributed by atoms with Gasteiger partial charge in [0, 0.05) is 12.7 Å². The fourth-order valence-corrected chi connectivity index (χ4v) is 4.65. The number of nitrogens with zero attached hydrogens (tertiary/aromatic N) is 2. The first-order valence-electron chi connectivity index (χ1n) is 8.37. The Morgan fingerprint density at radius 3 is 2.31 bits per heavy atom. The average molecular weight is 435 g/mol. The highest BCUT2D eigenvalue weighted by molar-refractivity contribution is 7.91. The first-order valence-corrected chi connectivity index (χ1v) is 11.9. The van der Waals surface area contributed by atoms with Crippen LogP contribution in [0.1, 0.15) is 6.42 Å². The van der Waals surface area contributed by atoms with Crippen LogP contribution in [0.2, 0.25) is 0 Å². The number of nitrogens with one attached hydrogen (secondary N) is 1. The Balaban J connectivity index is 1.69. The van der Waals surface area contributed by atoms with E-state index < -0.39 is 25.6 Å². The lowest BCUT2D eigenvalue weighted by Gasteiger charge is -2.04. The molecule has 3 rings (SSSR count). The van der Waals surface area contributed by atoms with Gasteiger partial charge in [-0.25, -0.2) is 16.8 Å². The van der Waals surface area contributed by atoms with Crippen molar-refractivity contribution in [3.63, 3.8) is 0 Å². The molecule has 0 radical (unpaired) electrons. The van der Waals surface area contributed by atoms with E-state index in [-0.39, 0.29) is 39.4 Å². The van der Waals surface area contributed by atoms with Gasteiger partial charge < -0.3 is 4.42 Å². The zero-order chi connectivity index (χ0) is 21.1. The second kappa shape index (κ2) is 8.13. The predicted octanol–water partition coefficient (Wildman–Crippen LogP) is 1.94. The summed E-state index contributed by atoms with van der Waals surface area (Å²) in [5, 5.41) is 9.74. The molecule has 0 aliphatic rings. The van der Waals surface area contributed by atoms with Crippen LogP contribution in [0.15, 0.2) is 68.8 Å². The van der Waals surface area contributed by atoms with E-state index in [4.69, 9.17) is 4.42 Å². The van der Waals surface area contributed by atoms with Gasteiger partial charge in [-0.05, 0) is 24.3 Å². The van der Waals surface area contributed by atoms with Crippen molar-refractivity contribution in [1.82, 2.24) is 10.2 Å². The van der Waals surface area contributed by atoms with E-state index in [1.807, 2.05) is 0 Å². The van der Waals surface area contributed by atoms with Gasteiger partial charge in [-0.15, -0.1) is 5.10 Å². The van der Waals surface area contributed by atoms with Crippen molar-refractivity contribution in [3.8, 4) is 11.5 Å². The number of sulfone groups is 2. The van der Waals surface area contributed by atoms with E-state index in [0.29, 0.717) is 0 Å². The summed E-state index contributed by atoms with van der Waals surface area (Å²) in [7, 11) is -7.13. The smallest absolute Gasteiger partial charge is 0.322 e. The molecule has 0 aliphatic heterocycles. The van der Waals surface area contributed by atoms with Crippen LogP contribution in [0.25, 0.3) is 11.5 Å². The average Bonchev–Trinajstić information content (AvgIpc) is 3.15. The second-order valence-corrected chi connectivity index (χ2v) is 10.2. The molecule has 0 saturated heterocycles. The molecular weight excluding hydrogens is 418 g/mol. The lowest BCUT2D eigenvalue weighted by atomic mass is 10.2. The highest BCUT2D eigenvalue weighted by Crippen LogP contribution is 2.27. The van der Waals surface area contributed by atoms with Gasteiger partial charge in [0.15, 0.2) is 19.7 Å². The molecule has 11 heteroatoms. The van der Waals surface area contributed by atoms with Crippen molar-refractivity contribution in [1.29, 1.82) is 0 Å². The second-order valence-electron chi connectivity index (χ2n) is 6.11. The molecule has 0 aliphatic carbocycles. The van der Waals surface area contributed by atoms with Gasteiger partial charge in [0.05, 0.1) is 21.1 Å². The number of carbonyl (C=O) groups excluding carboxylic acids is 1. The molecule has 152 valence electrons. The van der Waals surface area contributed by atoms with E-state index >= 15 is 0 Å². The number of carbonyl (C=O) groups is 1. The number of amides is 1. The maximum atomic E-state index is 12.2. The molecule has 2 aromatic carbocycles. The van der Waals surface area contributed by atoms with E-state index in [0.717, 1.165) is 6.26 Å². The van der Waals surface area contributed by atoms with Gasteiger partial charge in [0.1, 0.15) is 0 Å². The molecule has 1 amide bonds. The van der Waals surface area contributed by atoms with Crippen molar-refractivity contribution >= 4 is 31.6 Å². The molecule has 1 heterocycles. The largest absolute Gasteiger partial charge is 0.403 e.